The Morgan fingerprint density at radius 3 is 2.82 bits per heavy atom. The molecule has 0 unspecified atom stereocenters. The van der Waals surface area contributed by atoms with Gasteiger partial charge >= 0.3 is 6.09 Å². The quantitative estimate of drug-likeness (QED) is 0.869. The average Bonchev–Trinajstić information content (AvgIpc) is 2.86. The van der Waals surface area contributed by atoms with Crippen LogP contribution in [0.25, 0.3) is 0 Å². The number of carbonyl (C=O) groups is 2. The van der Waals surface area contributed by atoms with E-state index in [9.17, 15) is 9.59 Å². The minimum absolute atomic E-state index is 0.128. The van der Waals surface area contributed by atoms with Crippen molar-refractivity contribution in [2.24, 2.45) is 5.92 Å². The third kappa shape index (κ3) is 4.69. The number of aromatic nitrogens is 1. The molecule has 22 heavy (non-hydrogen) atoms. The summed E-state index contributed by atoms with van der Waals surface area (Å²) in [5, 5.41) is 2.77. The minimum atomic E-state index is -0.530. The zero-order chi connectivity index (χ0) is 16.3. The highest BCUT2D eigenvalue weighted by Crippen LogP contribution is 2.21. The van der Waals surface area contributed by atoms with Gasteiger partial charge in [-0.3, -0.25) is 4.79 Å². The molecule has 0 bridgehead atoms. The summed E-state index contributed by atoms with van der Waals surface area (Å²) in [6, 6.07) is 3.52. The van der Waals surface area contributed by atoms with Gasteiger partial charge in [0, 0.05) is 23.8 Å². The molecule has 1 saturated heterocycles. The van der Waals surface area contributed by atoms with Crippen LogP contribution in [-0.2, 0) is 9.53 Å². The van der Waals surface area contributed by atoms with Gasteiger partial charge in [0.25, 0.3) is 0 Å². The highest BCUT2D eigenvalue weighted by Gasteiger charge is 2.33. The van der Waals surface area contributed by atoms with Gasteiger partial charge < -0.3 is 15.0 Å². The lowest BCUT2D eigenvalue weighted by Gasteiger charge is -2.24. The first-order valence-corrected chi connectivity index (χ1v) is 7.94. The number of nitrogens with one attached hydrogen (secondary N) is 1. The van der Waals surface area contributed by atoms with Crippen molar-refractivity contribution >= 4 is 33.7 Å². The standard InChI is InChI=1S/C15H20BrN3O3/c1-15(2,3)22-14(21)19-7-5-10(9-19)13(20)18-12-8-11(16)4-6-17-12/h4,6,8,10H,5,7,9H2,1-3H3,(H,17,18,20)/t10-/m0/s1. The van der Waals surface area contributed by atoms with Crippen LogP contribution in [0.1, 0.15) is 27.2 Å². The molecular formula is C15H20BrN3O3. The number of halogens is 1. The van der Waals surface area contributed by atoms with Crippen LogP contribution < -0.4 is 5.32 Å². The van der Waals surface area contributed by atoms with E-state index in [-0.39, 0.29) is 17.9 Å². The highest BCUT2D eigenvalue weighted by atomic mass is 79.9. The van der Waals surface area contributed by atoms with Crippen molar-refractivity contribution in [3.63, 3.8) is 0 Å². The van der Waals surface area contributed by atoms with E-state index in [1.54, 1.807) is 23.2 Å². The Morgan fingerprint density at radius 1 is 1.45 bits per heavy atom. The van der Waals surface area contributed by atoms with Crippen LogP contribution in [0.3, 0.4) is 0 Å². The van der Waals surface area contributed by atoms with Gasteiger partial charge in [0.15, 0.2) is 0 Å². The van der Waals surface area contributed by atoms with Gasteiger partial charge in [0.05, 0.1) is 5.92 Å². The zero-order valence-corrected chi connectivity index (χ0v) is 14.5. The monoisotopic (exact) mass is 369 g/mol. The lowest BCUT2D eigenvalue weighted by molar-refractivity contribution is -0.119. The highest BCUT2D eigenvalue weighted by molar-refractivity contribution is 9.10. The Kier molecular flexibility index (Phi) is 5.05. The van der Waals surface area contributed by atoms with E-state index in [0.29, 0.717) is 25.3 Å². The van der Waals surface area contributed by atoms with Crippen molar-refractivity contribution in [1.82, 2.24) is 9.88 Å². The predicted molar refractivity (Wildman–Crippen MR) is 86.5 cm³/mol. The van der Waals surface area contributed by atoms with Crippen molar-refractivity contribution in [2.45, 2.75) is 32.8 Å². The second-order valence-electron chi connectivity index (χ2n) is 6.26. The molecule has 1 atom stereocenters. The van der Waals surface area contributed by atoms with Crippen LogP contribution in [-0.4, -0.2) is 40.6 Å². The van der Waals surface area contributed by atoms with Crippen molar-refractivity contribution in [2.75, 3.05) is 18.4 Å². The van der Waals surface area contributed by atoms with Crippen LogP contribution in [0.15, 0.2) is 22.8 Å². The summed E-state index contributed by atoms with van der Waals surface area (Å²) in [4.78, 5) is 29.9. The number of carbonyl (C=O) groups excluding carboxylic acids is 2. The molecule has 0 spiro atoms. The number of hydrogen-bond donors (Lipinski definition) is 1. The number of likely N-dealkylation sites (tertiary alicyclic amines) is 1. The molecule has 2 heterocycles. The van der Waals surface area contributed by atoms with Crippen molar-refractivity contribution in [3.05, 3.63) is 22.8 Å². The maximum Gasteiger partial charge on any atom is 0.410 e. The number of pyridine rings is 1. The molecule has 1 N–H and O–H groups in total. The fourth-order valence-electron chi connectivity index (χ4n) is 2.17. The summed E-state index contributed by atoms with van der Waals surface area (Å²) in [6.45, 7) is 6.37. The van der Waals surface area contributed by atoms with Gasteiger partial charge in [-0.2, -0.15) is 0 Å². The largest absolute Gasteiger partial charge is 0.444 e. The third-order valence-corrected chi connectivity index (χ3v) is 3.68. The van der Waals surface area contributed by atoms with E-state index in [1.165, 1.54) is 0 Å². The maximum absolute atomic E-state index is 12.2. The van der Waals surface area contributed by atoms with E-state index in [4.69, 9.17) is 4.74 Å². The van der Waals surface area contributed by atoms with Crippen molar-refractivity contribution < 1.29 is 14.3 Å². The van der Waals surface area contributed by atoms with Crippen LogP contribution in [0.5, 0.6) is 0 Å². The van der Waals surface area contributed by atoms with Gasteiger partial charge in [0.1, 0.15) is 11.4 Å². The van der Waals surface area contributed by atoms with E-state index < -0.39 is 5.60 Å². The van der Waals surface area contributed by atoms with E-state index in [1.807, 2.05) is 20.8 Å². The van der Waals surface area contributed by atoms with Crippen LogP contribution in [0.2, 0.25) is 0 Å². The molecule has 1 fully saturated rings. The second kappa shape index (κ2) is 6.64. The van der Waals surface area contributed by atoms with E-state index >= 15 is 0 Å². The van der Waals surface area contributed by atoms with Crippen molar-refractivity contribution in [3.8, 4) is 0 Å². The van der Waals surface area contributed by atoms with Crippen LogP contribution in [0, 0.1) is 5.92 Å². The summed E-state index contributed by atoms with van der Waals surface area (Å²) < 4.78 is 6.17. The molecule has 2 amide bonds. The Bertz CT molecular complexity index is 571. The molecule has 2 rings (SSSR count). The van der Waals surface area contributed by atoms with Gasteiger partial charge in [-0.25, -0.2) is 9.78 Å². The lowest BCUT2D eigenvalue weighted by atomic mass is 10.1. The van der Waals surface area contributed by atoms with Crippen molar-refractivity contribution in [1.29, 1.82) is 0 Å². The smallest absolute Gasteiger partial charge is 0.410 e. The molecule has 0 radical (unpaired) electrons. The predicted octanol–water partition coefficient (Wildman–Crippen LogP) is 3.04. The van der Waals surface area contributed by atoms with Gasteiger partial charge in [0.2, 0.25) is 5.91 Å². The molecule has 0 aromatic carbocycles. The van der Waals surface area contributed by atoms with E-state index in [0.717, 1.165) is 4.47 Å². The molecule has 1 aromatic heterocycles. The Hall–Kier alpha value is -1.63. The fourth-order valence-corrected chi connectivity index (χ4v) is 2.50. The molecule has 1 aliphatic heterocycles. The molecular weight excluding hydrogens is 350 g/mol. The normalized spacial score (nSPS) is 18.2. The second-order valence-corrected chi connectivity index (χ2v) is 7.18. The fraction of sp³-hybridized carbons (Fsp3) is 0.533. The number of anilines is 1. The summed E-state index contributed by atoms with van der Waals surface area (Å²) in [7, 11) is 0. The molecule has 0 saturated carbocycles. The minimum Gasteiger partial charge on any atom is -0.444 e. The zero-order valence-electron chi connectivity index (χ0n) is 12.9. The van der Waals surface area contributed by atoms with Gasteiger partial charge in [-0.1, -0.05) is 15.9 Å². The molecule has 1 aromatic rings. The van der Waals surface area contributed by atoms with Crippen LogP contribution >= 0.6 is 15.9 Å². The summed E-state index contributed by atoms with van der Waals surface area (Å²) >= 11 is 3.33. The number of hydrogen-bond acceptors (Lipinski definition) is 4. The molecule has 6 nitrogen and oxygen atoms in total. The third-order valence-electron chi connectivity index (χ3n) is 3.18. The van der Waals surface area contributed by atoms with Gasteiger partial charge in [-0.05, 0) is 39.3 Å². The molecule has 120 valence electrons. The number of ether oxygens (including phenoxy) is 1. The topological polar surface area (TPSA) is 71.5 Å². The molecule has 7 heteroatoms. The molecule has 0 aliphatic carbocycles. The summed E-state index contributed by atoms with van der Waals surface area (Å²) in [5.41, 5.74) is -0.530. The first-order chi connectivity index (χ1) is 10.2. The first-order valence-electron chi connectivity index (χ1n) is 7.15. The average molecular weight is 370 g/mol. The van der Waals surface area contributed by atoms with Gasteiger partial charge in [-0.15, -0.1) is 0 Å². The molecule has 1 aliphatic rings. The Labute approximate surface area is 138 Å². The maximum atomic E-state index is 12.2. The number of amides is 2. The Balaban J connectivity index is 1.90. The number of rotatable bonds is 2. The van der Waals surface area contributed by atoms with E-state index in [2.05, 4.69) is 26.2 Å². The first kappa shape index (κ1) is 16.7. The lowest BCUT2D eigenvalue weighted by Crippen LogP contribution is -2.36. The summed E-state index contributed by atoms with van der Waals surface area (Å²) in [5.74, 6) is 0.125. The SMILES string of the molecule is CC(C)(C)OC(=O)N1CC[C@H](C(=O)Nc2cc(Br)ccn2)C1. The summed E-state index contributed by atoms with van der Waals surface area (Å²) in [6.07, 6.45) is 1.86. The van der Waals surface area contributed by atoms with Crippen LogP contribution in [0.4, 0.5) is 10.6 Å². The number of nitrogens with zero attached hydrogens (tertiary/aromatic N) is 2. The Morgan fingerprint density at radius 2 is 2.18 bits per heavy atom.